The van der Waals surface area contributed by atoms with Gasteiger partial charge in [-0.25, -0.2) is 13.8 Å². The maximum Gasteiger partial charge on any atom is 0.214 e. The maximum atomic E-state index is 14.2. The minimum Gasteiger partial charge on any atom is -0.439 e. The van der Waals surface area contributed by atoms with Gasteiger partial charge in [0.25, 0.3) is 0 Å². The van der Waals surface area contributed by atoms with Crippen LogP contribution in [0.1, 0.15) is 17.9 Å². The van der Waals surface area contributed by atoms with Crippen LogP contribution in [0.2, 0.25) is 0 Å². The lowest BCUT2D eigenvalue weighted by Crippen LogP contribution is -2.29. The number of hydrogen-bond acceptors (Lipinski definition) is 3. The van der Waals surface area contributed by atoms with E-state index >= 15 is 0 Å². The number of rotatable bonds is 3. The molecule has 0 aliphatic carbocycles. The second-order valence-corrected chi connectivity index (χ2v) is 5.90. The number of para-hydroxylation sites is 1. The van der Waals surface area contributed by atoms with E-state index in [0.29, 0.717) is 23.9 Å². The topological polar surface area (TPSA) is 29.3 Å². The Labute approximate surface area is 138 Å². The quantitative estimate of drug-likeness (QED) is 0.706. The molecule has 0 N–H and O–H groups in total. The van der Waals surface area contributed by atoms with E-state index in [4.69, 9.17) is 4.42 Å². The average Bonchev–Trinajstić information content (AvgIpc) is 3.04. The van der Waals surface area contributed by atoms with Gasteiger partial charge in [0.05, 0.1) is 18.4 Å². The first-order valence-electron chi connectivity index (χ1n) is 7.94. The van der Waals surface area contributed by atoms with Crippen molar-refractivity contribution < 1.29 is 13.2 Å². The van der Waals surface area contributed by atoms with Crippen LogP contribution in [0.25, 0.3) is 11.3 Å². The van der Waals surface area contributed by atoms with Gasteiger partial charge in [-0.05, 0) is 48.7 Å². The molecule has 0 atom stereocenters. The van der Waals surface area contributed by atoms with Crippen LogP contribution in [0.5, 0.6) is 0 Å². The Morgan fingerprint density at radius 2 is 1.92 bits per heavy atom. The summed E-state index contributed by atoms with van der Waals surface area (Å²) in [6.45, 7) is 1.18. The van der Waals surface area contributed by atoms with Crippen molar-refractivity contribution >= 4 is 5.69 Å². The van der Waals surface area contributed by atoms with Crippen LogP contribution in [0.3, 0.4) is 0 Å². The normalized spacial score (nSPS) is 13.8. The highest BCUT2D eigenvalue weighted by molar-refractivity contribution is 5.58. The summed E-state index contributed by atoms with van der Waals surface area (Å²) in [4.78, 5) is 6.25. The van der Waals surface area contributed by atoms with E-state index in [2.05, 4.69) is 4.98 Å². The molecule has 0 fully saturated rings. The lowest BCUT2D eigenvalue weighted by atomic mass is 10.0. The number of halogens is 2. The van der Waals surface area contributed by atoms with Crippen molar-refractivity contribution in [2.24, 2.45) is 0 Å². The highest BCUT2D eigenvalue weighted by Gasteiger charge is 2.22. The number of oxazole rings is 1. The molecule has 0 saturated carbocycles. The number of aromatic nitrogens is 1. The van der Waals surface area contributed by atoms with Crippen molar-refractivity contribution in [1.82, 2.24) is 4.98 Å². The summed E-state index contributed by atoms with van der Waals surface area (Å²) in [6.07, 6.45) is 3.48. The summed E-state index contributed by atoms with van der Waals surface area (Å²) in [6, 6.07) is 11.3. The van der Waals surface area contributed by atoms with Crippen molar-refractivity contribution in [3.63, 3.8) is 0 Å². The van der Waals surface area contributed by atoms with E-state index in [1.807, 2.05) is 11.0 Å². The number of fused-ring (bicyclic) bond motifs is 1. The van der Waals surface area contributed by atoms with E-state index in [0.717, 1.165) is 30.5 Å². The maximum absolute atomic E-state index is 14.2. The molecule has 2 heterocycles. The van der Waals surface area contributed by atoms with Gasteiger partial charge in [0.2, 0.25) is 5.89 Å². The van der Waals surface area contributed by atoms with Crippen LogP contribution in [0, 0.1) is 11.6 Å². The van der Waals surface area contributed by atoms with Gasteiger partial charge in [0, 0.05) is 12.1 Å². The monoisotopic (exact) mass is 326 g/mol. The van der Waals surface area contributed by atoms with E-state index in [1.165, 1.54) is 18.2 Å². The first-order chi connectivity index (χ1) is 11.7. The standard InChI is InChI=1S/C19H16F2N2O/c20-15-8-6-13(7-9-15)17-11-22-18(24-17)12-23-10-2-4-14-3-1-5-16(21)19(14)23/h1,3,5-9,11H,2,4,10,12H2. The zero-order chi connectivity index (χ0) is 16.5. The van der Waals surface area contributed by atoms with Gasteiger partial charge in [0.15, 0.2) is 5.76 Å². The van der Waals surface area contributed by atoms with Crippen molar-refractivity contribution in [3.8, 4) is 11.3 Å². The smallest absolute Gasteiger partial charge is 0.214 e. The molecule has 0 amide bonds. The molecule has 0 spiro atoms. The fourth-order valence-electron chi connectivity index (χ4n) is 3.14. The summed E-state index contributed by atoms with van der Waals surface area (Å²) in [5.74, 6) is 0.595. The summed E-state index contributed by atoms with van der Waals surface area (Å²) in [7, 11) is 0. The lowest BCUT2D eigenvalue weighted by Gasteiger charge is -2.30. The second-order valence-electron chi connectivity index (χ2n) is 5.90. The average molecular weight is 326 g/mol. The van der Waals surface area contributed by atoms with Gasteiger partial charge in [0.1, 0.15) is 11.6 Å². The summed E-state index contributed by atoms with van der Waals surface area (Å²) in [5, 5.41) is 0. The van der Waals surface area contributed by atoms with Crippen LogP contribution in [0.4, 0.5) is 14.5 Å². The minimum absolute atomic E-state index is 0.211. The van der Waals surface area contributed by atoms with Gasteiger partial charge in [-0.1, -0.05) is 12.1 Å². The number of anilines is 1. The Morgan fingerprint density at radius 1 is 1.08 bits per heavy atom. The minimum atomic E-state index is -0.293. The molecular formula is C19H16F2N2O. The van der Waals surface area contributed by atoms with Crippen LogP contribution in [-0.4, -0.2) is 11.5 Å². The molecule has 0 radical (unpaired) electrons. The molecule has 1 aliphatic heterocycles. The molecule has 3 nitrogen and oxygen atoms in total. The summed E-state index contributed by atoms with van der Waals surface area (Å²) >= 11 is 0. The van der Waals surface area contributed by atoms with Crippen molar-refractivity contribution in [3.05, 3.63) is 71.8 Å². The van der Waals surface area contributed by atoms with Gasteiger partial charge < -0.3 is 9.32 Å². The van der Waals surface area contributed by atoms with Gasteiger partial charge in [-0.15, -0.1) is 0 Å². The van der Waals surface area contributed by atoms with Gasteiger partial charge >= 0.3 is 0 Å². The first kappa shape index (κ1) is 14.9. The van der Waals surface area contributed by atoms with E-state index in [1.54, 1.807) is 24.4 Å². The van der Waals surface area contributed by atoms with Crippen molar-refractivity contribution in [1.29, 1.82) is 0 Å². The van der Waals surface area contributed by atoms with Gasteiger partial charge in [-0.3, -0.25) is 0 Å². The molecule has 5 heteroatoms. The SMILES string of the molecule is Fc1ccc(-c2cnc(CN3CCCc4cccc(F)c43)o2)cc1. The molecular weight excluding hydrogens is 310 g/mol. The first-order valence-corrected chi connectivity index (χ1v) is 7.94. The summed E-state index contributed by atoms with van der Waals surface area (Å²) in [5.41, 5.74) is 2.43. The number of aryl methyl sites for hydroxylation is 1. The van der Waals surface area contributed by atoms with Crippen LogP contribution in [-0.2, 0) is 13.0 Å². The third kappa shape index (κ3) is 2.77. The van der Waals surface area contributed by atoms with Crippen molar-refractivity contribution in [2.75, 3.05) is 11.4 Å². The van der Waals surface area contributed by atoms with E-state index in [-0.39, 0.29) is 11.6 Å². The molecule has 0 saturated heterocycles. The predicted octanol–water partition coefficient (Wildman–Crippen LogP) is 4.57. The number of nitrogens with zero attached hydrogens (tertiary/aromatic N) is 2. The molecule has 122 valence electrons. The fraction of sp³-hybridized carbons (Fsp3) is 0.211. The van der Waals surface area contributed by atoms with E-state index in [9.17, 15) is 8.78 Å². The Hall–Kier alpha value is -2.69. The Balaban J connectivity index is 1.58. The largest absolute Gasteiger partial charge is 0.439 e. The Morgan fingerprint density at radius 3 is 2.75 bits per heavy atom. The van der Waals surface area contributed by atoms with Gasteiger partial charge in [-0.2, -0.15) is 0 Å². The second kappa shape index (κ2) is 6.07. The molecule has 2 aromatic carbocycles. The van der Waals surface area contributed by atoms with Crippen molar-refractivity contribution in [2.45, 2.75) is 19.4 Å². The third-order valence-electron chi connectivity index (χ3n) is 4.27. The zero-order valence-electron chi connectivity index (χ0n) is 13.0. The summed E-state index contributed by atoms with van der Waals surface area (Å²) < 4.78 is 33.0. The molecule has 24 heavy (non-hydrogen) atoms. The van der Waals surface area contributed by atoms with Crippen LogP contribution < -0.4 is 4.90 Å². The number of hydrogen-bond donors (Lipinski definition) is 0. The Bertz CT molecular complexity index is 858. The molecule has 1 aromatic heterocycles. The van der Waals surface area contributed by atoms with E-state index < -0.39 is 0 Å². The predicted molar refractivity (Wildman–Crippen MR) is 87.7 cm³/mol. The number of benzene rings is 2. The highest BCUT2D eigenvalue weighted by Crippen LogP contribution is 2.31. The zero-order valence-corrected chi connectivity index (χ0v) is 13.0. The lowest BCUT2D eigenvalue weighted by molar-refractivity contribution is 0.489. The van der Waals surface area contributed by atoms with Crippen LogP contribution in [0.15, 0.2) is 53.1 Å². The fourth-order valence-corrected chi connectivity index (χ4v) is 3.14. The highest BCUT2D eigenvalue weighted by atomic mass is 19.1. The van der Waals surface area contributed by atoms with Crippen LogP contribution >= 0.6 is 0 Å². The molecule has 0 bridgehead atoms. The Kier molecular flexibility index (Phi) is 3.76. The molecule has 0 unspecified atom stereocenters. The molecule has 1 aliphatic rings. The molecule has 4 rings (SSSR count). The third-order valence-corrected chi connectivity index (χ3v) is 4.27. The molecule has 3 aromatic rings.